The third kappa shape index (κ3) is 4.79. The fourth-order valence-corrected chi connectivity index (χ4v) is 2.92. The average Bonchev–Trinajstić information content (AvgIpc) is 2.97. The fourth-order valence-electron chi connectivity index (χ4n) is 2.92. The van der Waals surface area contributed by atoms with Crippen molar-refractivity contribution in [3.8, 4) is 0 Å². The predicted octanol–water partition coefficient (Wildman–Crippen LogP) is 3.70. The van der Waals surface area contributed by atoms with E-state index < -0.39 is 0 Å². The largest absolute Gasteiger partial charge is 0.334 e. The van der Waals surface area contributed by atoms with Crippen LogP contribution in [0.3, 0.4) is 0 Å². The van der Waals surface area contributed by atoms with Gasteiger partial charge < -0.3 is 4.90 Å². The van der Waals surface area contributed by atoms with Crippen LogP contribution in [0.2, 0.25) is 0 Å². The number of Topliss-reactive ketones (excluding diaryl/α,β-unsaturated/α-hetero) is 1. The molecule has 1 amide bonds. The Morgan fingerprint density at radius 2 is 1.64 bits per heavy atom. The number of amides is 1. The van der Waals surface area contributed by atoms with Crippen LogP contribution < -0.4 is 0 Å². The van der Waals surface area contributed by atoms with E-state index >= 15 is 0 Å². The monoisotopic (exact) mass is 331 g/mol. The first-order chi connectivity index (χ1) is 12.2. The Morgan fingerprint density at radius 3 is 2.32 bits per heavy atom. The lowest BCUT2D eigenvalue weighted by molar-refractivity contribution is -0.125. The molecule has 0 N–H and O–H groups in total. The maximum absolute atomic E-state index is 12.4. The van der Waals surface area contributed by atoms with Crippen LogP contribution in [-0.2, 0) is 22.6 Å². The quantitative estimate of drug-likeness (QED) is 0.598. The lowest BCUT2D eigenvalue weighted by Crippen LogP contribution is -2.24. The van der Waals surface area contributed by atoms with Gasteiger partial charge in [-0.2, -0.15) is 0 Å². The minimum Gasteiger partial charge on any atom is -0.334 e. The van der Waals surface area contributed by atoms with Crippen molar-refractivity contribution in [1.82, 2.24) is 4.90 Å². The van der Waals surface area contributed by atoms with Crippen LogP contribution in [0, 0.1) is 0 Å². The molecule has 3 rings (SSSR count). The van der Waals surface area contributed by atoms with E-state index in [1.165, 1.54) is 0 Å². The van der Waals surface area contributed by atoms with Gasteiger partial charge in [-0.3, -0.25) is 9.59 Å². The molecule has 3 nitrogen and oxygen atoms in total. The van der Waals surface area contributed by atoms with Gasteiger partial charge in [0.05, 0.1) is 5.57 Å². The highest BCUT2D eigenvalue weighted by atomic mass is 16.2. The number of rotatable bonds is 6. The minimum absolute atomic E-state index is 0.0237. The van der Waals surface area contributed by atoms with E-state index in [2.05, 4.69) is 5.73 Å². The topological polar surface area (TPSA) is 37.4 Å². The van der Waals surface area contributed by atoms with Crippen molar-refractivity contribution in [2.45, 2.75) is 25.8 Å². The number of nitrogens with zero attached hydrogens (tertiary/aromatic N) is 1. The van der Waals surface area contributed by atoms with Crippen LogP contribution in [0.4, 0.5) is 0 Å². The number of benzene rings is 2. The van der Waals surface area contributed by atoms with E-state index in [9.17, 15) is 9.59 Å². The number of hydrogen-bond donors (Lipinski definition) is 0. The van der Waals surface area contributed by atoms with E-state index in [4.69, 9.17) is 0 Å². The molecule has 0 bridgehead atoms. The summed E-state index contributed by atoms with van der Waals surface area (Å²) in [6.07, 6.45) is 3.12. The Balaban J connectivity index is 1.55. The molecule has 0 radical (unpaired) electrons. The van der Waals surface area contributed by atoms with E-state index in [1.807, 2.05) is 65.6 Å². The van der Waals surface area contributed by atoms with Crippen molar-refractivity contribution in [2.75, 3.05) is 6.54 Å². The molecule has 3 heteroatoms. The fraction of sp³-hybridized carbons (Fsp3) is 0.227. The van der Waals surface area contributed by atoms with Crippen LogP contribution in [0.15, 0.2) is 78.0 Å². The van der Waals surface area contributed by atoms with Crippen molar-refractivity contribution in [3.05, 3.63) is 89.2 Å². The van der Waals surface area contributed by atoms with Gasteiger partial charge in [-0.15, -0.1) is 5.73 Å². The molecule has 2 aromatic rings. The zero-order valence-corrected chi connectivity index (χ0v) is 14.2. The maximum atomic E-state index is 12.4. The van der Waals surface area contributed by atoms with E-state index in [0.29, 0.717) is 37.9 Å². The van der Waals surface area contributed by atoms with Crippen molar-refractivity contribution < 1.29 is 9.59 Å². The molecule has 0 aliphatic carbocycles. The van der Waals surface area contributed by atoms with Crippen LogP contribution in [0.25, 0.3) is 0 Å². The second-order valence-electron chi connectivity index (χ2n) is 6.19. The van der Waals surface area contributed by atoms with Gasteiger partial charge in [0.1, 0.15) is 5.78 Å². The smallest absolute Gasteiger partial charge is 0.257 e. The van der Waals surface area contributed by atoms with Crippen molar-refractivity contribution in [1.29, 1.82) is 0 Å². The third-order valence-corrected chi connectivity index (χ3v) is 4.24. The van der Waals surface area contributed by atoms with Crippen LogP contribution >= 0.6 is 0 Å². The first-order valence-corrected chi connectivity index (χ1v) is 8.55. The summed E-state index contributed by atoms with van der Waals surface area (Å²) in [6, 6.07) is 19.7. The summed E-state index contributed by atoms with van der Waals surface area (Å²) in [6.45, 7) is 1.33. The highest BCUT2D eigenvalue weighted by molar-refractivity contribution is 5.95. The highest BCUT2D eigenvalue weighted by Crippen LogP contribution is 2.18. The molecule has 1 aliphatic heterocycles. The Kier molecular flexibility index (Phi) is 5.61. The van der Waals surface area contributed by atoms with Gasteiger partial charge >= 0.3 is 0 Å². The van der Waals surface area contributed by atoms with Gasteiger partial charge in [0.25, 0.3) is 5.91 Å². The molecule has 0 saturated carbocycles. The molecule has 126 valence electrons. The SMILES string of the molecule is O=C(CC=C=C1CCN(Cc2ccccc2)C1=O)Cc1ccccc1. The summed E-state index contributed by atoms with van der Waals surface area (Å²) < 4.78 is 0. The van der Waals surface area contributed by atoms with E-state index in [-0.39, 0.29) is 11.7 Å². The zero-order chi connectivity index (χ0) is 17.5. The molecule has 1 saturated heterocycles. The van der Waals surface area contributed by atoms with Gasteiger partial charge in [0.15, 0.2) is 0 Å². The lowest BCUT2D eigenvalue weighted by Gasteiger charge is -2.14. The Morgan fingerprint density at radius 1 is 1.00 bits per heavy atom. The van der Waals surface area contributed by atoms with Gasteiger partial charge in [-0.1, -0.05) is 60.7 Å². The minimum atomic E-state index is 0.0237. The standard InChI is InChI=1S/C22H21NO2/c24-21(16-18-8-3-1-4-9-18)13-7-12-20-14-15-23(22(20)25)17-19-10-5-2-6-11-19/h1-11H,13-17H2. The molecule has 1 heterocycles. The van der Waals surface area contributed by atoms with Gasteiger partial charge in [0, 0.05) is 32.4 Å². The van der Waals surface area contributed by atoms with Crippen molar-refractivity contribution >= 4 is 11.7 Å². The van der Waals surface area contributed by atoms with Crippen molar-refractivity contribution in [2.24, 2.45) is 0 Å². The summed E-state index contributed by atoms with van der Waals surface area (Å²) >= 11 is 0. The molecule has 0 unspecified atom stereocenters. The zero-order valence-electron chi connectivity index (χ0n) is 14.2. The number of carbonyl (C=O) groups is 2. The van der Waals surface area contributed by atoms with Crippen molar-refractivity contribution in [3.63, 3.8) is 0 Å². The van der Waals surface area contributed by atoms with Gasteiger partial charge in [0.2, 0.25) is 0 Å². The molecule has 1 aliphatic rings. The predicted molar refractivity (Wildman–Crippen MR) is 97.8 cm³/mol. The number of hydrogen-bond acceptors (Lipinski definition) is 2. The molecule has 25 heavy (non-hydrogen) atoms. The van der Waals surface area contributed by atoms with Crippen LogP contribution in [0.1, 0.15) is 24.0 Å². The molecular weight excluding hydrogens is 310 g/mol. The number of carbonyl (C=O) groups excluding carboxylic acids is 2. The first-order valence-electron chi connectivity index (χ1n) is 8.55. The van der Waals surface area contributed by atoms with Crippen LogP contribution in [-0.4, -0.2) is 23.1 Å². The third-order valence-electron chi connectivity index (χ3n) is 4.24. The lowest BCUT2D eigenvalue weighted by atomic mass is 10.1. The number of ketones is 1. The molecular formula is C22H21NO2. The maximum Gasteiger partial charge on any atom is 0.257 e. The molecule has 1 fully saturated rings. The Hall–Kier alpha value is -2.90. The Labute approximate surface area is 148 Å². The van der Waals surface area contributed by atoms with E-state index in [1.54, 1.807) is 6.08 Å². The summed E-state index contributed by atoms with van der Waals surface area (Å²) in [5.74, 6) is 0.154. The van der Waals surface area contributed by atoms with Crippen LogP contribution in [0.5, 0.6) is 0 Å². The molecule has 2 aromatic carbocycles. The Bertz CT molecular complexity index is 802. The summed E-state index contributed by atoms with van der Waals surface area (Å²) in [5.41, 5.74) is 5.85. The number of likely N-dealkylation sites (tertiary alicyclic amines) is 1. The molecule has 0 aromatic heterocycles. The normalized spacial score (nSPS) is 13.7. The highest BCUT2D eigenvalue weighted by Gasteiger charge is 2.25. The van der Waals surface area contributed by atoms with Gasteiger partial charge in [-0.25, -0.2) is 0 Å². The average molecular weight is 331 g/mol. The first kappa shape index (κ1) is 16.9. The molecule has 0 spiro atoms. The second-order valence-corrected chi connectivity index (χ2v) is 6.19. The van der Waals surface area contributed by atoms with Gasteiger partial charge in [-0.05, 0) is 17.2 Å². The molecule has 0 atom stereocenters. The summed E-state index contributed by atoms with van der Waals surface area (Å²) in [5, 5.41) is 0. The van der Waals surface area contributed by atoms with E-state index in [0.717, 1.165) is 11.1 Å². The second kappa shape index (κ2) is 8.27. The summed E-state index contributed by atoms with van der Waals surface area (Å²) in [4.78, 5) is 26.2. The summed E-state index contributed by atoms with van der Waals surface area (Å²) in [7, 11) is 0.